The van der Waals surface area contributed by atoms with E-state index in [1.807, 2.05) is 0 Å². The Kier molecular flexibility index (Phi) is 4.54. The first-order chi connectivity index (χ1) is 16.7. The Morgan fingerprint density at radius 1 is 0.657 bits per heavy atom. The number of rotatable bonds is 2. The quantitative estimate of drug-likeness (QED) is 0.204. The molecule has 0 amide bonds. The molecule has 0 radical (unpaired) electrons. The summed E-state index contributed by atoms with van der Waals surface area (Å²) < 4.78 is 0. The van der Waals surface area contributed by atoms with Crippen molar-refractivity contribution in [3.05, 3.63) is 142 Å². The topological polar surface area (TPSA) is 0 Å². The fourth-order valence-electron chi connectivity index (χ4n) is 7.15. The zero-order valence-corrected chi connectivity index (χ0v) is 22.5. The molecular weight excluding hydrogens is 500 g/mol. The van der Waals surface area contributed by atoms with E-state index in [0.29, 0.717) is 0 Å². The van der Waals surface area contributed by atoms with Crippen molar-refractivity contribution in [2.45, 2.75) is 37.5 Å². The van der Waals surface area contributed by atoms with Crippen molar-refractivity contribution in [2.75, 3.05) is 0 Å². The Bertz CT molecular complexity index is 1610. The Labute approximate surface area is 226 Å². The van der Waals surface area contributed by atoms with Gasteiger partial charge in [-0.1, -0.05) is 92.7 Å². The molecule has 0 fully saturated rings. The Hall–Kier alpha value is -2.76. The number of hydrogen-bond acceptors (Lipinski definition) is 0. The Morgan fingerprint density at radius 3 is 2.00 bits per heavy atom. The monoisotopic (exact) mass is 523 g/mol. The molecule has 1 heteroatoms. The van der Waals surface area contributed by atoms with Crippen molar-refractivity contribution in [1.82, 2.24) is 0 Å². The van der Waals surface area contributed by atoms with Crippen LogP contribution in [0.15, 0.2) is 96.6 Å². The van der Waals surface area contributed by atoms with Crippen molar-refractivity contribution in [1.29, 1.82) is 0 Å². The van der Waals surface area contributed by atoms with E-state index in [1.54, 1.807) is 11.1 Å². The second kappa shape index (κ2) is 7.38. The van der Waals surface area contributed by atoms with Crippen LogP contribution in [0.4, 0.5) is 0 Å². The first-order valence-electron chi connectivity index (χ1n) is 12.4. The predicted molar refractivity (Wildman–Crippen MR) is 139 cm³/mol. The maximum Gasteiger partial charge on any atom is 0.0358 e. The summed E-state index contributed by atoms with van der Waals surface area (Å²) in [6.45, 7) is 4.77. The molecule has 0 spiro atoms. The average Bonchev–Trinajstić information content (AvgIpc) is 3.33. The molecule has 0 heterocycles. The van der Waals surface area contributed by atoms with E-state index in [-0.39, 0.29) is 43.5 Å². The van der Waals surface area contributed by atoms with E-state index >= 15 is 0 Å². The van der Waals surface area contributed by atoms with Crippen molar-refractivity contribution in [2.24, 2.45) is 0 Å². The second-order valence-electron chi connectivity index (χ2n) is 10.7. The fraction of sp³-hybridized carbons (Fsp3) is 0.176. The largest absolute Gasteiger partial charge is 0.269 e. The van der Waals surface area contributed by atoms with E-state index in [9.17, 15) is 0 Å². The molecule has 0 aliphatic heterocycles. The van der Waals surface area contributed by atoms with Crippen LogP contribution in [0.25, 0.3) is 22.3 Å². The molecule has 8 rings (SSSR count). The summed E-state index contributed by atoms with van der Waals surface area (Å²) in [6.07, 6.45) is 9.15. The molecule has 4 aliphatic rings. The molecule has 0 N–H and O–H groups in total. The molecule has 0 saturated carbocycles. The van der Waals surface area contributed by atoms with Gasteiger partial charge in [-0.2, -0.15) is 6.08 Å². The molecule has 0 bridgehead atoms. The smallest absolute Gasteiger partial charge is 0.0358 e. The van der Waals surface area contributed by atoms with Crippen molar-refractivity contribution >= 4 is 0 Å². The van der Waals surface area contributed by atoms with Gasteiger partial charge in [0.2, 0.25) is 0 Å². The third kappa shape index (κ3) is 2.71. The summed E-state index contributed by atoms with van der Waals surface area (Å²) >= 11 is 0. The SMILES string of the molecule is CC1(C)c2ccc3c(c21)C(c1cccc2c1C(C1=[C-]CC=C1)c1ccccc1-2)c1ccccc1-3.[Zr]. The van der Waals surface area contributed by atoms with E-state index < -0.39 is 0 Å². The molecule has 166 valence electrons. The summed E-state index contributed by atoms with van der Waals surface area (Å²) in [5, 5.41) is 0. The predicted octanol–water partition coefficient (Wildman–Crippen LogP) is 8.29. The van der Waals surface area contributed by atoms with Gasteiger partial charge >= 0.3 is 0 Å². The maximum atomic E-state index is 3.68. The van der Waals surface area contributed by atoms with Crippen molar-refractivity contribution < 1.29 is 26.2 Å². The van der Waals surface area contributed by atoms with Crippen LogP contribution < -0.4 is 0 Å². The van der Waals surface area contributed by atoms with Crippen LogP contribution in [0.5, 0.6) is 0 Å². The summed E-state index contributed by atoms with van der Waals surface area (Å²) in [5.74, 6) is 0.540. The minimum absolute atomic E-state index is 0. The molecule has 35 heavy (non-hydrogen) atoms. The molecule has 0 saturated heterocycles. The molecule has 0 nitrogen and oxygen atoms in total. The van der Waals surface area contributed by atoms with Crippen LogP contribution in [0.3, 0.4) is 0 Å². The molecular formula is C34H25Zr-. The molecule has 4 aromatic rings. The van der Waals surface area contributed by atoms with Gasteiger partial charge in [-0.3, -0.25) is 6.08 Å². The van der Waals surface area contributed by atoms with Gasteiger partial charge in [0.1, 0.15) is 0 Å². The van der Waals surface area contributed by atoms with E-state index in [4.69, 9.17) is 0 Å². The zero-order chi connectivity index (χ0) is 22.6. The Morgan fingerprint density at radius 2 is 1.29 bits per heavy atom. The fourth-order valence-corrected chi connectivity index (χ4v) is 7.15. The molecule has 2 atom stereocenters. The summed E-state index contributed by atoms with van der Waals surface area (Å²) in [6, 6.07) is 29.9. The third-order valence-corrected chi connectivity index (χ3v) is 8.67. The molecule has 4 aliphatic carbocycles. The van der Waals surface area contributed by atoms with Gasteiger partial charge in [-0.05, 0) is 61.2 Å². The van der Waals surface area contributed by atoms with Crippen LogP contribution in [0, 0.1) is 6.08 Å². The standard InChI is InChI=1S/C34H25.Zr/c1-34(2)28-19-18-26-22-13-6-8-15-24(22)31(32(26)33(28)34)27-17-9-16-25-21-12-5-7-14-23(21)29(30(25)27)20-10-3-4-11-20;/h3,5-10,12-19,29,31H,4H2,1-2H3;/q-1;. The zero-order valence-electron chi connectivity index (χ0n) is 20.0. The average molecular weight is 525 g/mol. The summed E-state index contributed by atoms with van der Waals surface area (Å²) in [5.41, 5.74) is 17.6. The number of hydrogen-bond donors (Lipinski definition) is 0. The van der Waals surface area contributed by atoms with Crippen LogP contribution in [-0.4, -0.2) is 0 Å². The van der Waals surface area contributed by atoms with Crippen molar-refractivity contribution in [3.8, 4) is 22.3 Å². The minimum atomic E-state index is 0. The number of fused-ring (bicyclic) bond motifs is 8. The third-order valence-electron chi connectivity index (χ3n) is 8.67. The summed E-state index contributed by atoms with van der Waals surface area (Å²) in [7, 11) is 0. The Balaban J connectivity index is 0.00000210. The van der Waals surface area contributed by atoms with Crippen LogP contribution in [-0.2, 0) is 31.6 Å². The first kappa shape index (κ1) is 21.5. The van der Waals surface area contributed by atoms with E-state index in [0.717, 1.165) is 6.42 Å². The minimum Gasteiger partial charge on any atom is -0.269 e. The van der Waals surface area contributed by atoms with Crippen LogP contribution in [0.2, 0.25) is 0 Å². The van der Waals surface area contributed by atoms with Gasteiger partial charge in [-0.15, -0.1) is 6.42 Å². The van der Waals surface area contributed by atoms with E-state index in [2.05, 4.69) is 111 Å². The molecule has 0 aromatic heterocycles. The maximum absolute atomic E-state index is 3.68. The van der Waals surface area contributed by atoms with Gasteiger partial charge in [0.15, 0.2) is 0 Å². The number of allylic oxidation sites excluding steroid dienone is 4. The molecule has 4 aromatic carbocycles. The van der Waals surface area contributed by atoms with Crippen LogP contribution in [0.1, 0.15) is 71.0 Å². The summed E-state index contributed by atoms with van der Waals surface area (Å²) in [4.78, 5) is 0. The van der Waals surface area contributed by atoms with Gasteiger partial charge in [-0.25, -0.2) is 11.6 Å². The second-order valence-corrected chi connectivity index (χ2v) is 10.7. The van der Waals surface area contributed by atoms with Gasteiger partial charge < -0.3 is 0 Å². The number of benzene rings is 4. The van der Waals surface area contributed by atoms with Gasteiger partial charge in [0.25, 0.3) is 0 Å². The van der Waals surface area contributed by atoms with Crippen LogP contribution >= 0.6 is 0 Å². The van der Waals surface area contributed by atoms with E-state index in [1.165, 1.54) is 55.6 Å². The normalized spacial score (nSPS) is 20.8. The van der Waals surface area contributed by atoms with Crippen molar-refractivity contribution in [3.63, 3.8) is 0 Å². The van der Waals surface area contributed by atoms with Gasteiger partial charge in [0, 0.05) is 43.5 Å². The first-order valence-corrected chi connectivity index (χ1v) is 12.4. The molecule has 2 unspecified atom stereocenters. The van der Waals surface area contributed by atoms with Gasteiger partial charge in [0.05, 0.1) is 0 Å².